The average molecular weight is 442 g/mol. The number of rotatable bonds is 4. The summed E-state index contributed by atoms with van der Waals surface area (Å²) < 4.78 is 0. The number of hydrogen-bond acceptors (Lipinski definition) is 5. The molecule has 8 heteroatoms. The van der Waals surface area contributed by atoms with Crippen LogP contribution in [0, 0.1) is 12.8 Å². The maximum atomic E-state index is 13.1. The molecule has 2 fully saturated rings. The summed E-state index contributed by atoms with van der Waals surface area (Å²) in [6.07, 6.45) is 0.229. The fourth-order valence-electron chi connectivity index (χ4n) is 4.19. The van der Waals surface area contributed by atoms with Crippen LogP contribution in [0.2, 0.25) is 5.02 Å². The average Bonchev–Trinajstić information content (AvgIpc) is 3.14. The van der Waals surface area contributed by atoms with Crippen LogP contribution in [-0.2, 0) is 9.59 Å². The molecule has 4 rings (SSSR count). The van der Waals surface area contributed by atoms with E-state index in [0.29, 0.717) is 43.4 Å². The predicted octanol–water partition coefficient (Wildman–Crippen LogP) is 3.26. The Morgan fingerprint density at radius 1 is 1.13 bits per heavy atom. The van der Waals surface area contributed by atoms with Gasteiger partial charge in [0.05, 0.1) is 16.6 Å². The van der Waals surface area contributed by atoms with Crippen LogP contribution in [0.15, 0.2) is 30.3 Å². The molecule has 7 nitrogen and oxygen atoms in total. The van der Waals surface area contributed by atoms with E-state index in [4.69, 9.17) is 16.6 Å². The van der Waals surface area contributed by atoms with Crippen molar-refractivity contribution in [3.05, 3.63) is 46.9 Å². The topological polar surface area (TPSA) is 69.6 Å². The SMILES string of the molecule is Cc1cc(N2CCN(C(=O)[C@@H]3CC(=O)N(c4ccccc4Cl)C3)CC2)nc(C(C)C)n1. The van der Waals surface area contributed by atoms with Crippen molar-refractivity contribution in [2.75, 3.05) is 42.5 Å². The van der Waals surface area contributed by atoms with Gasteiger partial charge in [-0.2, -0.15) is 0 Å². The van der Waals surface area contributed by atoms with Gasteiger partial charge in [0.2, 0.25) is 11.8 Å². The summed E-state index contributed by atoms with van der Waals surface area (Å²) in [5.74, 6) is 1.69. The van der Waals surface area contributed by atoms with E-state index in [1.807, 2.05) is 36.1 Å². The quantitative estimate of drug-likeness (QED) is 0.728. The number of aryl methyl sites for hydroxylation is 1. The Morgan fingerprint density at radius 2 is 1.84 bits per heavy atom. The summed E-state index contributed by atoms with van der Waals surface area (Å²) in [6, 6.07) is 9.26. The molecule has 1 atom stereocenters. The highest BCUT2D eigenvalue weighted by molar-refractivity contribution is 6.33. The van der Waals surface area contributed by atoms with Gasteiger partial charge in [-0.3, -0.25) is 9.59 Å². The summed E-state index contributed by atoms with van der Waals surface area (Å²) in [5.41, 5.74) is 1.63. The van der Waals surface area contributed by atoms with Gasteiger partial charge < -0.3 is 14.7 Å². The number of nitrogens with zero attached hydrogens (tertiary/aromatic N) is 5. The second kappa shape index (κ2) is 8.83. The molecule has 1 aromatic heterocycles. The zero-order valence-corrected chi connectivity index (χ0v) is 19.0. The molecule has 2 aliphatic heterocycles. The van der Waals surface area contributed by atoms with Crippen molar-refractivity contribution < 1.29 is 9.59 Å². The van der Waals surface area contributed by atoms with Crippen LogP contribution in [-0.4, -0.2) is 59.4 Å². The Labute approximate surface area is 188 Å². The lowest BCUT2D eigenvalue weighted by Gasteiger charge is -2.36. The highest BCUT2D eigenvalue weighted by Gasteiger charge is 2.38. The Bertz CT molecular complexity index is 988. The van der Waals surface area contributed by atoms with Crippen LogP contribution in [0.5, 0.6) is 0 Å². The number of anilines is 2. The van der Waals surface area contributed by atoms with E-state index in [1.165, 1.54) is 0 Å². The van der Waals surface area contributed by atoms with E-state index < -0.39 is 0 Å². The number of carbonyl (C=O) groups excluding carboxylic acids is 2. The maximum absolute atomic E-state index is 13.1. The number of hydrogen-bond donors (Lipinski definition) is 0. The van der Waals surface area contributed by atoms with Crippen LogP contribution in [0.1, 0.15) is 37.7 Å². The summed E-state index contributed by atoms with van der Waals surface area (Å²) in [5, 5.41) is 0.526. The molecular formula is C23H28ClN5O2. The van der Waals surface area contributed by atoms with Crippen molar-refractivity contribution in [1.82, 2.24) is 14.9 Å². The zero-order valence-electron chi connectivity index (χ0n) is 18.2. The van der Waals surface area contributed by atoms with E-state index >= 15 is 0 Å². The van der Waals surface area contributed by atoms with E-state index in [-0.39, 0.29) is 30.1 Å². The van der Waals surface area contributed by atoms with Gasteiger partial charge in [-0.05, 0) is 19.1 Å². The first-order chi connectivity index (χ1) is 14.8. The minimum absolute atomic E-state index is 0.0456. The smallest absolute Gasteiger partial charge is 0.228 e. The van der Waals surface area contributed by atoms with Gasteiger partial charge in [0.1, 0.15) is 11.6 Å². The first kappa shape index (κ1) is 21.6. The highest BCUT2D eigenvalue weighted by Crippen LogP contribution is 2.32. The lowest BCUT2D eigenvalue weighted by molar-refractivity contribution is -0.136. The molecule has 1 aromatic carbocycles. The molecule has 2 saturated heterocycles. The van der Waals surface area contributed by atoms with Crippen molar-refractivity contribution in [2.24, 2.45) is 5.92 Å². The zero-order chi connectivity index (χ0) is 22.1. The monoisotopic (exact) mass is 441 g/mol. The van der Waals surface area contributed by atoms with Crippen LogP contribution in [0.4, 0.5) is 11.5 Å². The second-order valence-corrected chi connectivity index (χ2v) is 8.96. The normalized spacial score (nSPS) is 19.5. The third kappa shape index (κ3) is 4.51. The number of para-hydroxylation sites is 1. The van der Waals surface area contributed by atoms with Gasteiger partial charge in [0.15, 0.2) is 0 Å². The lowest BCUT2D eigenvalue weighted by atomic mass is 10.1. The highest BCUT2D eigenvalue weighted by atomic mass is 35.5. The van der Waals surface area contributed by atoms with Crippen LogP contribution in [0.25, 0.3) is 0 Å². The molecule has 0 aliphatic carbocycles. The summed E-state index contributed by atoms with van der Waals surface area (Å²) >= 11 is 6.26. The predicted molar refractivity (Wildman–Crippen MR) is 122 cm³/mol. The molecule has 2 aromatic rings. The molecule has 164 valence electrons. The van der Waals surface area contributed by atoms with E-state index in [0.717, 1.165) is 17.3 Å². The summed E-state index contributed by atoms with van der Waals surface area (Å²) in [4.78, 5) is 40.6. The van der Waals surface area contributed by atoms with Crippen molar-refractivity contribution >= 4 is 34.9 Å². The lowest BCUT2D eigenvalue weighted by Crippen LogP contribution is -2.51. The van der Waals surface area contributed by atoms with Gasteiger partial charge in [-0.15, -0.1) is 0 Å². The van der Waals surface area contributed by atoms with Crippen molar-refractivity contribution in [1.29, 1.82) is 0 Å². The third-order valence-corrected chi connectivity index (χ3v) is 6.23. The van der Waals surface area contributed by atoms with Gasteiger partial charge in [-0.1, -0.05) is 37.6 Å². The number of aromatic nitrogens is 2. The number of halogens is 1. The number of amides is 2. The molecule has 0 spiro atoms. The molecular weight excluding hydrogens is 414 g/mol. The molecule has 3 heterocycles. The van der Waals surface area contributed by atoms with Gasteiger partial charge in [0.25, 0.3) is 0 Å². The number of benzene rings is 1. The largest absolute Gasteiger partial charge is 0.353 e. The molecule has 2 aliphatic rings. The Morgan fingerprint density at radius 3 is 2.52 bits per heavy atom. The maximum Gasteiger partial charge on any atom is 0.228 e. The summed E-state index contributed by atoms with van der Waals surface area (Å²) in [6.45, 7) is 9.21. The first-order valence-electron chi connectivity index (χ1n) is 10.8. The van der Waals surface area contributed by atoms with E-state index in [1.54, 1.807) is 11.0 Å². The number of carbonyl (C=O) groups is 2. The first-order valence-corrected chi connectivity index (χ1v) is 11.2. The number of piperazine rings is 1. The van der Waals surface area contributed by atoms with Crippen molar-refractivity contribution in [2.45, 2.75) is 33.1 Å². The molecule has 0 saturated carbocycles. The summed E-state index contributed by atoms with van der Waals surface area (Å²) in [7, 11) is 0. The minimum Gasteiger partial charge on any atom is -0.353 e. The molecule has 0 radical (unpaired) electrons. The van der Waals surface area contributed by atoms with Crippen LogP contribution >= 0.6 is 11.6 Å². The molecule has 31 heavy (non-hydrogen) atoms. The third-order valence-electron chi connectivity index (χ3n) is 5.91. The van der Waals surface area contributed by atoms with Gasteiger partial charge >= 0.3 is 0 Å². The molecule has 0 N–H and O–H groups in total. The van der Waals surface area contributed by atoms with E-state index in [2.05, 4.69) is 23.7 Å². The molecule has 2 amide bonds. The molecule has 0 bridgehead atoms. The fourth-order valence-corrected chi connectivity index (χ4v) is 4.42. The van der Waals surface area contributed by atoms with Gasteiger partial charge in [0, 0.05) is 56.8 Å². The Balaban J connectivity index is 1.39. The van der Waals surface area contributed by atoms with Crippen LogP contribution in [0.3, 0.4) is 0 Å². The minimum atomic E-state index is -0.329. The van der Waals surface area contributed by atoms with Crippen molar-refractivity contribution in [3.8, 4) is 0 Å². The van der Waals surface area contributed by atoms with Crippen LogP contribution < -0.4 is 9.80 Å². The fraction of sp³-hybridized carbons (Fsp3) is 0.478. The van der Waals surface area contributed by atoms with Crippen molar-refractivity contribution in [3.63, 3.8) is 0 Å². The van der Waals surface area contributed by atoms with Gasteiger partial charge in [-0.25, -0.2) is 9.97 Å². The van der Waals surface area contributed by atoms with E-state index in [9.17, 15) is 9.59 Å². The Kier molecular flexibility index (Phi) is 6.14. The standard InChI is InChI=1S/C23H28ClN5O2/c1-15(2)22-25-16(3)12-20(26-22)27-8-10-28(11-9-27)23(31)17-13-21(30)29(14-17)19-7-5-4-6-18(19)24/h4-7,12,15,17H,8-11,13-14H2,1-3H3/t17-/m1/s1. The molecule has 0 unspecified atom stereocenters. The second-order valence-electron chi connectivity index (χ2n) is 8.55. The Hall–Kier alpha value is -2.67.